The van der Waals surface area contributed by atoms with Gasteiger partial charge < -0.3 is 15.0 Å². The van der Waals surface area contributed by atoms with Gasteiger partial charge in [0.15, 0.2) is 0 Å². The molecule has 1 aromatic carbocycles. The normalized spacial score (nSPS) is 15.6. The van der Waals surface area contributed by atoms with Crippen molar-refractivity contribution in [2.45, 2.75) is 65.5 Å². The van der Waals surface area contributed by atoms with Gasteiger partial charge in [-0.15, -0.1) is 0 Å². The summed E-state index contributed by atoms with van der Waals surface area (Å²) in [6, 6.07) is 9.77. The second-order valence-electron chi connectivity index (χ2n) is 7.99. The molecule has 1 saturated heterocycles. The van der Waals surface area contributed by atoms with E-state index in [4.69, 9.17) is 4.74 Å². The van der Waals surface area contributed by atoms with Crippen molar-refractivity contribution in [1.82, 2.24) is 10.2 Å². The van der Waals surface area contributed by atoms with Gasteiger partial charge in [-0.2, -0.15) is 0 Å². The summed E-state index contributed by atoms with van der Waals surface area (Å²) in [6.45, 7) is 15.3. The topological polar surface area (TPSA) is 27.7 Å². The van der Waals surface area contributed by atoms with Gasteiger partial charge in [0.1, 0.15) is 0 Å². The largest absolute Gasteiger partial charge is 0.381 e. The number of hydrogen-bond donors (Lipinski definition) is 1. The molecule has 0 atom stereocenters. The van der Waals surface area contributed by atoms with Crippen LogP contribution in [-0.4, -0.2) is 56.9 Å². The molecule has 0 saturated carbocycles. The summed E-state index contributed by atoms with van der Waals surface area (Å²) in [5.41, 5.74) is 2.73. The summed E-state index contributed by atoms with van der Waals surface area (Å²) in [6.07, 6.45) is 6.10. The molecule has 0 aromatic heterocycles. The van der Waals surface area contributed by atoms with Gasteiger partial charge in [0.2, 0.25) is 0 Å². The van der Waals surface area contributed by atoms with Gasteiger partial charge in [-0.1, -0.05) is 31.9 Å². The highest BCUT2D eigenvalue weighted by atomic mass is 16.5. The summed E-state index contributed by atoms with van der Waals surface area (Å²) >= 11 is 0. The van der Waals surface area contributed by atoms with Gasteiger partial charge in [0, 0.05) is 57.7 Å². The van der Waals surface area contributed by atoms with Crippen molar-refractivity contribution in [3.63, 3.8) is 0 Å². The Hall–Kier alpha value is -1.10. The van der Waals surface area contributed by atoms with Crippen molar-refractivity contribution in [1.29, 1.82) is 0 Å². The van der Waals surface area contributed by atoms with Gasteiger partial charge in [-0.3, -0.25) is 4.90 Å². The number of hydrogen-bond acceptors (Lipinski definition) is 4. The lowest BCUT2D eigenvalue weighted by molar-refractivity contribution is 0.126. The molecule has 1 aliphatic heterocycles. The van der Waals surface area contributed by atoms with Crippen LogP contribution >= 0.6 is 0 Å². The van der Waals surface area contributed by atoms with E-state index in [0.29, 0.717) is 6.04 Å². The van der Waals surface area contributed by atoms with Gasteiger partial charge in [-0.25, -0.2) is 0 Å². The molecule has 0 radical (unpaired) electrons. The lowest BCUT2D eigenvalue weighted by Crippen LogP contribution is -2.48. The van der Waals surface area contributed by atoms with Crippen molar-refractivity contribution in [3.05, 3.63) is 29.8 Å². The molecule has 1 N–H and O–H groups in total. The van der Waals surface area contributed by atoms with Crippen LogP contribution in [0, 0.1) is 0 Å². The van der Waals surface area contributed by atoms with Crippen LogP contribution in [0.1, 0.15) is 58.4 Å². The number of rotatable bonds is 13. The molecule has 154 valence electrons. The van der Waals surface area contributed by atoms with Crippen LogP contribution in [0.3, 0.4) is 0 Å². The van der Waals surface area contributed by atoms with E-state index in [1.807, 2.05) is 0 Å². The van der Waals surface area contributed by atoms with Gasteiger partial charge in [0.25, 0.3) is 0 Å². The molecule has 2 rings (SSSR count). The Balaban J connectivity index is 1.54. The summed E-state index contributed by atoms with van der Waals surface area (Å²) in [5.74, 6) is 0. The minimum atomic E-state index is 0.660. The Kier molecular flexibility index (Phi) is 10.8. The fraction of sp³-hybridized carbons (Fsp3) is 0.739. The van der Waals surface area contributed by atoms with E-state index in [-0.39, 0.29) is 0 Å². The molecule has 1 heterocycles. The zero-order chi connectivity index (χ0) is 19.3. The summed E-state index contributed by atoms with van der Waals surface area (Å²) in [7, 11) is 0. The van der Waals surface area contributed by atoms with Crippen molar-refractivity contribution >= 4 is 5.69 Å². The van der Waals surface area contributed by atoms with E-state index in [2.05, 4.69) is 60.2 Å². The first-order valence-corrected chi connectivity index (χ1v) is 11.1. The smallest absolute Gasteiger partial charge is 0.0466 e. The fourth-order valence-electron chi connectivity index (χ4n) is 3.56. The maximum absolute atomic E-state index is 5.66. The summed E-state index contributed by atoms with van der Waals surface area (Å²) in [4.78, 5) is 5.07. The molecule has 0 spiro atoms. The molecule has 1 aliphatic rings. The maximum Gasteiger partial charge on any atom is 0.0466 e. The van der Waals surface area contributed by atoms with E-state index < -0.39 is 0 Å². The number of nitrogens with zero attached hydrogens (tertiary/aromatic N) is 2. The molecular formula is C23H41N3O. The van der Waals surface area contributed by atoms with Crippen molar-refractivity contribution < 1.29 is 4.74 Å². The third kappa shape index (κ3) is 8.63. The zero-order valence-corrected chi connectivity index (χ0v) is 17.9. The van der Waals surface area contributed by atoms with Crippen LogP contribution < -0.4 is 10.2 Å². The molecule has 0 bridgehead atoms. The molecule has 1 fully saturated rings. The summed E-state index contributed by atoms with van der Waals surface area (Å²) < 4.78 is 5.66. The van der Waals surface area contributed by atoms with E-state index in [0.717, 1.165) is 45.8 Å². The highest BCUT2D eigenvalue weighted by molar-refractivity contribution is 5.48. The van der Waals surface area contributed by atoms with Gasteiger partial charge >= 0.3 is 0 Å². The number of nitrogens with one attached hydrogen (secondary N) is 1. The van der Waals surface area contributed by atoms with Crippen LogP contribution in [0.15, 0.2) is 24.3 Å². The first-order valence-electron chi connectivity index (χ1n) is 11.1. The second-order valence-corrected chi connectivity index (χ2v) is 7.99. The lowest BCUT2D eigenvalue weighted by Gasteiger charge is -2.38. The fourth-order valence-corrected chi connectivity index (χ4v) is 3.56. The van der Waals surface area contributed by atoms with Crippen molar-refractivity contribution in [2.24, 2.45) is 0 Å². The van der Waals surface area contributed by atoms with Gasteiger partial charge in [0.05, 0.1) is 0 Å². The predicted molar refractivity (Wildman–Crippen MR) is 117 cm³/mol. The van der Waals surface area contributed by atoms with Crippen LogP contribution in [0.2, 0.25) is 0 Å². The number of benzene rings is 1. The third-order valence-electron chi connectivity index (χ3n) is 5.46. The average Bonchev–Trinajstić information content (AvgIpc) is 2.70. The van der Waals surface area contributed by atoms with Crippen LogP contribution in [0.4, 0.5) is 5.69 Å². The van der Waals surface area contributed by atoms with Crippen LogP contribution in [0.25, 0.3) is 0 Å². The highest BCUT2D eigenvalue weighted by Crippen LogP contribution is 2.18. The zero-order valence-electron chi connectivity index (χ0n) is 17.9. The SMILES string of the molecule is CCCCCOCCCCNCc1ccc(N2CCN(C(C)C)CC2)cc1. The van der Waals surface area contributed by atoms with Crippen molar-refractivity contribution in [2.75, 3.05) is 50.8 Å². The number of piperazine rings is 1. The molecule has 27 heavy (non-hydrogen) atoms. The molecule has 0 unspecified atom stereocenters. The number of anilines is 1. The molecule has 0 aliphatic carbocycles. The molecular weight excluding hydrogens is 334 g/mol. The Morgan fingerprint density at radius 3 is 2.22 bits per heavy atom. The number of ether oxygens (including phenoxy) is 1. The third-order valence-corrected chi connectivity index (χ3v) is 5.46. The van der Waals surface area contributed by atoms with Crippen LogP contribution in [0.5, 0.6) is 0 Å². The Bertz CT molecular complexity index is 481. The van der Waals surface area contributed by atoms with E-state index in [9.17, 15) is 0 Å². The maximum atomic E-state index is 5.66. The Morgan fingerprint density at radius 2 is 1.59 bits per heavy atom. The molecule has 1 aromatic rings. The summed E-state index contributed by atoms with van der Waals surface area (Å²) in [5, 5.41) is 3.55. The average molecular weight is 376 g/mol. The minimum Gasteiger partial charge on any atom is -0.381 e. The highest BCUT2D eigenvalue weighted by Gasteiger charge is 2.18. The lowest BCUT2D eigenvalue weighted by atomic mass is 10.1. The minimum absolute atomic E-state index is 0.660. The number of unbranched alkanes of at least 4 members (excludes halogenated alkanes) is 3. The first-order chi connectivity index (χ1) is 13.2. The van der Waals surface area contributed by atoms with Crippen LogP contribution in [-0.2, 0) is 11.3 Å². The first kappa shape index (κ1) is 22.2. The van der Waals surface area contributed by atoms with Crippen molar-refractivity contribution in [3.8, 4) is 0 Å². The standard InChI is InChI=1S/C23H41N3O/c1-4-5-7-18-27-19-8-6-13-24-20-22-9-11-23(12-10-22)26-16-14-25(15-17-26)21(2)3/h9-12,21,24H,4-8,13-20H2,1-3H3. The van der Waals surface area contributed by atoms with E-state index in [1.54, 1.807) is 0 Å². The predicted octanol–water partition coefficient (Wildman–Crippen LogP) is 4.29. The molecule has 0 amide bonds. The monoisotopic (exact) mass is 375 g/mol. The van der Waals surface area contributed by atoms with Gasteiger partial charge in [-0.05, 0) is 57.4 Å². The van der Waals surface area contributed by atoms with E-state index in [1.165, 1.54) is 50.0 Å². The second kappa shape index (κ2) is 13.1. The molecule has 4 heteroatoms. The Labute approximate surface area is 167 Å². The molecule has 4 nitrogen and oxygen atoms in total. The Morgan fingerprint density at radius 1 is 0.926 bits per heavy atom. The van der Waals surface area contributed by atoms with E-state index >= 15 is 0 Å². The quantitative estimate of drug-likeness (QED) is 0.521.